The van der Waals surface area contributed by atoms with E-state index in [-0.39, 0.29) is 29.8 Å². The van der Waals surface area contributed by atoms with E-state index in [1.807, 2.05) is 115 Å². The molecule has 14 nitrogen and oxygen atoms in total. The van der Waals surface area contributed by atoms with Gasteiger partial charge in [-0.3, -0.25) is 9.13 Å². The van der Waals surface area contributed by atoms with Crippen molar-refractivity contribution in [3.8, 4) is 79.9 Å². The minimum Gasteiger partial charge on any atom is -0.505 e. The first-order chi connectivity index (χ1) is 29.6. The van der Waals surface area contributed by atoms with Crippen LogP contribution in [0.5, 0.6) is 34.5 Å². The molecule has 0 atom stereocenters. The lowest BCUT2D eigenvalue weighted by molar-refractivity contribution is 0.303. The lowest BCUT2D eigenvalue weighted by Gasteiger charge is -2.17. The Kier molecular flexibility index (Phi) is 9.66. The van der Waals surface area contributed by atoms with Crippen LogP contribution in [0, 0.1) is 0 Å². The predicted octanol–water partition coefficient (Wildman–Crippen LogP) is 9.33. The Labute approximate surface area is 350 Å². The van der Waals surface area contributed by atoms with Crippen molar-refractivity contribution in [2.45, 2.75) is 26.4 Å². The number of fused-ring (bicyclic) bond motifs is 2. The number of nitrogen functional groups attached to an aromatic ring is 2. The molecule has 0 saturated carbocycles. The number of hydrogen-bond donors (Lipinski definition) is 6. The Hall–Kier alpha value is -8.00. The van der Waals surface area contributed by atoms with E-state index >= 15 is 0 Å². The summed E-state index contributed by atoms with van der Waals surface area (Å²) >= 11 is 0. The van der Waals surface area contributed by atoms with Crippen molar-refractivity contribution < 1.29 is 29.2 Å². The minimum atomic E-state index is -0.117. The highest BCUT2D eigenvalue weighted by molar-refractivity contribution is 5.92. The maximum atomic E-state index is 12.1. The summed E-state index contributed by atoms with van der Waals surface area (Å²) in [7, 11) is 4.73. The van der Waals surface area contributed by atoms with Gasteiger partial charge < -0.3 is 50.6 Å². The van der Waals surface area contributed by atoms with Crippen LogP contribution in [0.2, 0.25) is 0 Å². The summed E-state index contributed by atoms with van der Waals surface area (Å²) in [5, 5.41) is 23.8. The number of para-hydroxylation sites is 4. The molecule has 8 N–H and O–H groups in total. The van der Waals surface area contributed by atoms with Crippen molar-refractivity contribution in [2.75, 3.05) is 32.8 Å². The Bertz CT molecular complexity index is 3010. The number of benzene rings is 5. The van der Waals surface area contributed by atoms with Gasteiger partial charge in [0.25, 0.3) is 0 Å². The zero-order valence-electron chi connectivity index (χ0n) is 34.1. The van der Waals surface area contributed by atoms with Crippen LogP contribution in [0.4, 0.5) is 11.6 Å². The minimum absolute atomic E-state index is 0.0400. The molecule has 0 bridgehead atoms. The quantitative estimate of drug-likeness (QED) is 0.0691. The number of nitrogens with two attached hydrogens (primary N) is 2. The van der Waals surface area contributed by atoms with Crippen LogP contribution in [0.1, 0.15) is 31.0 Å². The van der Waals surface area contributed by atoms with Crippen LogP contribution in [-0.2, 0) is 6.61 Å². The monoisotopic (exact) mass is 816 g/mol. The highest BCUT2D eigenvalue weighted by atomic mass is 16.5. The number of aromatic hydroxyl groups is 2. The van der Waals surface area contributed by atoms with Crippen LogP contribution in [0.25, 0.3) is 67.5 Å². The van der Waals surface area contributed by atoms with Crippen molar-refractivity contribution >= 4 is 33.7 Å². The molecule has 308 valence electrons. The van der Waals surface area contributed by atoms with Gasteiger partial charge in [-0.15, -0.1) is 0 Å². The molecule has 0 unspecified atom stereocenters. The molecule has 0 radical (unpaired) electrons. The van der Waals surface area contributed by atoms with Gasteiger partial charge in [0, 0.05) is 42.0 Å². The van der Waals surface area contributed by atoms with Crippen molar-refractivity contribution in [3.05, 3.63) is 120 Å². The van der Waals surface area contributed by atoms with Crippen LogP contribution in [-0.4, -0.2) is 60.6 Å². The summed E-state index contributed by atoms with van der Waals surface area (Å²) in [4.78, 5) is 16.1. The van der Waals surface area contributed by atoms with Crippen molar-refractivity contribution in [1.82, 2.24) is 29.1 Å². The van der Waals surface area contributed by atoms with Gasteiger partial charge in [0.2, 0.25) is 0 Å². The molecule has 9 aromatic rings. The fourth-order valence-electron chi connectivity index (χ4n) is 7.91. The smallest absolute Gasteiger partial charge is 0.154 e. The Morgan fingerprint density at radius 3 is 1.67 bits per heavy atom. The third-order valence-corrected chi connectivity index (χ3v) is 10.8. The van der Waals surface area contributed by atoms with E-state index in [0.29, 0.717) is 79.9 Å². The Morgan fingerprint density at radius 2 is 1.11 bits per heavy atom. The van der Waals surface area contributed by atoms with Gasteiger partial charge in [0.15, 0.2) is 5.75 Å². The van der Waals surface area contributed by atoms with Gasteiger partial charge in [0.1, 0.15) is 69.8 Å². The molecule has 14 heteroatoms. The van der Waals surface area contributed by atoms with E-state index in [2.05, 4.69) is 9.97 Å². The molecule has 4 heterocycles. The third-order valence-electron chi connectivity index (χ3n) is 10.8. The van der Waals surface area contributed by atoms with Crippen molar-refractivity contribution in [2.24, 2.45) is 0 Å². The number of hydrogen-bond acceptors (Lipinski definition) is 10. The summed E-state index contributed by atoms with van der Waals surface area (Å²) in [5.74, 6) is 3.42. The number of ether oxygens (including phenoxy) is 4. The lowest BCUT2D eigenvalue weighted by atomic mass is 10.1. The van der Waals surface area contributed by atoms with Crippen molar-refractivity contribution in [1.29, 1.82) is 0 Å². The van der Waals surface area contributed by atoms with Gasteiger partial charge in [0.05, 0.1) is 66.2 Å². The number of methoxy groups -OCH3 is 3. The zero-order valence-corrected chi connectivity index (χ0v) is 34.1. The molecular weight excluding hydrogens is 773 g/mol. The fourth-order valence-corrected chi connectivity index (χ4v) is 7.91. The van der Waals surface area contributed by atoms with Crippen LogP contribution < -0.4 is 30.4 Å². The average Bonchev–Trinajstić information content (AvgIpc) is 4.02. The topological polar surface area (TPSA) is 197 Å². The van der Waals surface area contributed by atoms with Gasteiger partial charge >= 0.3 is 0 Å². The van der Waals surface area contributed by atoms with Gasteiger partial charge in [-0.05, 0) is 41.8 Å². The summed E-state index contributed by atoms with van der Waals surface area (Å²) in [6, 6.07) is 33.8. The van der Waals surface area contributed by atoms with Crippen LogP contribution in [0.3, 0.4) is 0 Å². The van der Waals surface area contributed by atoms with E-state index in [9.17, 15) is 10.2 Å². The zero-order chi connectivity index (χ0) is 42.5. The number of imidazole rings is 2. The molecule has 4 aromatic heterocycles. The fraction of sp³-hybridized carbons (Fsp3) is 0.149. The van der Waals surface area contributed by atoms with Crippen LogP contribution in [0.15, 0.2) is 109 Å². The van der Waals surface area contributed by atoms with E-state index in [1.54, 1.807) is 38.0 Å². The molecule has 0 aliphatic carbocycles. The second-order valence-electron chi connectivity index (χ2n) is 14.9. The SMILES string of the molecule is COc1cc(OC)cc(-n2c(N)c(-c3nc4ccccc4[nH]3)c(O)c2-c2cccc(COc3cc(OC)cc(-n4c(N)c(-c5nc6ccccc6[nH]5)c(O)c4C(C)C)c3)c2)c1. The normalized spacial score (nSPS) is 11.5. The highest BCUT2D eigenvalue weighted by Gasteiger charge is 2.29. The van der Waals surface area contributed by atoms with E-state index < -0.39 is 0 Å². The molecule has 0 fully saturated rings. The number of nitrogens with zero attached hydrogens (tertiary/aromatic N) is 4. The third kappa shape index (κ3) is 6.73. The molecule has 5 aromatic carbocycles. The van der Waals surface area contributed by atoms with E-state index in [1.165, 1.54) is 0 Å². The Balaban J connectivity index is 1.10. The number of H-pyrrole nitrogens is 2. The molecular formula is C47H44N8O6. The predicted molar refractivity (Wildman–Crippen MR) is 237 cm³/mol. The molecule has 9 rings (SSSR count). The first-order valence-electron chi connectivity index (χ1n) is 19.6. The second-order valence-corrected chi connectivity index (χ2v) is 14.9. The Morgan fingerprint density at radius 1 is 0.607 bits per heavy atom. The number of aromatic nitrogens is 6. The maximum absolute atomic E-state index is 12.1. The number of rotatable bonds is 12. The average molecular weight is 817 g/mol. The molecule has 0 amide bonds. The van der Waals surface area contributed by atoms with Crippen molar-refractivity contribution in [3.63, 3.8) is 0 Å². The van der Waals surface area contributed by atoms with Gasteiger partial charge in [-0.1, -0.05) is 56.3 Å². The molecule has 0 aliphatic heterocycles. The standard InChI is InChI=1S/C47H44N8O6/c1-25(2)40-42(56)38(46-50-34-13-6-7-14-35(34)51-46)44(48)54(40)29-20-32(60-5)23-33(21-29)61-24-26-11-10-12-27(17-26)41-43(57)39(47-52-36-15-8-9-16-37(36)53-47)45(49)55(41)28-18-30(58-3)22-31(19-28)59-4/h6-23,25,56-57H,24,48-49H2,1-5H3,(H,50,51)(H,52,53). The molecule has 0 saturated heterocycles. The first kappa shape index (κ1) is 38.5. The van der Waals surface area contributed by atoms with E-state index in [0.717, 1.165) is 27.6 Å². The first-order valence-corrected chi connectivity index (χ1v) is 19.6. The largest absolute Gasteiger partial charge is 0.505 e. The summed E-state index contributed by atoms with van der Waals surface area (Å²) in [5.41, 5.74) is 21.5. The number of anilines is 2. The van der Waals surface area contributed by atoms with Crippen LogP contribution >= 0.6 is 0 Å². The summed E-state index contributed by atoms with van der Waals surface area (Å²) < 4.78 is 27.0. The molecule has 0 aliphatic rings. The summed E-state index contributed by atoms with van der Waals surface area (Å²) in [6.07, 6.45) is 0. The molecule has 61 heavy (non-hydrogen) atoms. The van der Waals surface area contributed by atoms with Gasteiger partial charge in [-0.25, -0.2) is 9.97 Å². The van der Waals surface area contributed by atoms with Gasteiger partial charge in [-0.2, -0.15) is 0 Å². The summed E-state index contributed by atoms with van der Waals surface area (Å²) in [6.45, 7) is 4.13. The second kappa shape index (κ2) is 15.3. The lowest BCUT2D eigenvalue weighted by Crippen LogP contribution is -2.07. The highest BCUT2D eigenvalue weighted by Crippen LogP contribution is 2.48. The maximum Gasteiger partial charge on any atom is 0.154 e. The number of nitrogens with one attached hydrogen (secondary N) is 2. The number of aromatic amines is 2. The molecule has 0 spiro atoms. The van der Waals surface area contributed by atoms with E-state index in [4.69, 9.17) is 40.4 Å².